The Morgan fingerprint density at radius 3 is 2.19 bits per heavy atom. The zero-order chi connectivity index (χ0) is 15.7. The Labute approximate surface area is 125 Å². The first-order valence-electron chi connectivity index (χ1n) is 6.97. The number of unbranched alkanes of at least 4 members (excludes halogenated alkanes) is 1. The van der Waals surface area contributed by atoms with Crippen LogP contribution in [0.2, 0.25) is 0 Å². The van der Waals surface area contributed by atoms with E-state index in [1.165, 1.54) is 19.8 Å². The lowest BCUT2D eigenvalue weighted by atomic mass is 10.0. The maximum atomic E-state index is 11.5. The highest BCUT2D eigenvalue weighted by Crippen LogP contribution is 2.13. The van der Waals surface area contributed by atoms with Gasteiger partial charge in [-0.15, -0.1) is 0 Å². The van der Waals surface area contributed by atoms with E-state index in [0.29, 0.717) is 6.42 Å². The van der Waals surface area contributed by atoms with E-state index in [9.17, 15) is 9.59 Å². The Bertz CT molecular complexity index is 472. The molecule has 4 nitrogen and oxygen atoms in total. The summed E-state index contributed by atoms with van der Waals surface area (Å²) in [5.41, 5.74) is 2.37. The van der Waals surface area contributed by atoms with E-state index in [-0.39, 0.29) is 0 Å². The molecule has 0 atom stereocenters. The number of benzene rings is 1. The van der Waals surface area contributed by atoms with Crippen molar-refractivity contribution in [3.63, 3.8) is 0 Å². The molecule has 4 heteroatoms. The standard InChI is InChI=1S/C17H22O4/c1-13-9-11-14(12-10-13)7-5-4-6-8-15(16(18)20-2)17(19)21-3/h5,7,9-12,15H,4,6,8H2,1-3H3/b7-5+. The second-order valence-electron chi connectivity index (χ2n) is 4.84. The minimum absolute atomic E-state index is 0.428. The minimum atomic E-state index is -0.826. The summed E-state index contributed by atoms with van der Waals surface area (Å²) in [6, 6.07) is 8.23. The molecule has 0 fully saturated rings. The Balaban J connectivity index is 2.42. The van der Waals surface area contributed by atoms with Gasteiger partial charge in [0, 0.05) is 0 Å². The summed E-state index contributed by atoms with van der Waals surface area (Å²) < 4.78 is 9.23. The van der Waals surface area contributed by atoms with E-state index < -0.39 is 17.9 Å². The third-order valence-corrected chi connectivity index (χ3v) is 3.22. The fraction of sp³-hybridized carbons (Fsp3) is 0.412. The summed E-state index contributed by atoms with van der Waals surface area (Å²) in [6.45, 7) is 2.05. The van der Waals surface area contributed by atoms with Crippen LogP contribution in [0.25, 0.3) is 6.08 Å². The molecule has 114 valence electrons. The van der Waals surface area contributed by atoms with E-state index in [2.05, 4.69) is 33.7 Å². The van der Waals surface area contributed by atoms with E-state index >= 15 is 0 Å². The van der Waals surface area contributed by atoms with Crippen LogP contribution >= 0.6 is 0 Å². The number of carbonyl (C=O) groups is 2. The van der Waals surface area contributed by atoms with Crippen LogP contribution in [0.3, 0.4) is 0 Å². The Kier molecular flexibility index (Phi) is 7.23. The molecule has 0 radical (unpaired) electrons. The Morgan fingerprint density at radius 1 is 1.10 bits per heavy atom. The summed E-state index contributed by atoms with van der Waals surface area (Å²) in [5.74, 6) is -1.90. The third-order valence-electron chi connectivity index (χ3n) is 3.22. The van der Waals surface area contributed by atoms with Gasteiger partial charge in [-0.25, -0.2) is 0 Å². The van der Waals surface area contributed by atoms with Gasteiger partial charge in [0.1, 0.15) is 0 Å². The van der Waals surface area contributed by atoms with Crippen molar-refractivity contribution in [3.05, 3.63) is 41.5 Å². The maximum Gasteiger partial charge on any atom is 0.320 e. The topological polar surface area (TPSA) is 52.6 Å². The van der Waals surface area contributed by atoms with Crippen molar-refractivity contribution in [2.45, 2.75) is 26.2 Å². The largest absolute Gasteiger partial charge is 0.468 e. The van der Waals surface area contributed by atoms with Crippen molar-refractivity contribution in [2.24, 2.45) is 5.92 Å². The summed E-state index contributed by atoms with van der Waals surface area (Å²) >= 11 is 0. The lowest BCUT2D eigenvalue weighted by Crippen LogP contribution is -2.26. The lowest BCUT2D eigenvalue weighted by molar-refractivity contribution is -0.159. The molecular formula is C17H22O4. The van der Waals surface area contributed by atoms with E-state index in [1.54, 1.807) is 0 Å². The highest BCUT2D eigenvalue weighted by Gasteiger charge is 2.27. The Morgan fingerprint density at radius 2 is 1.67 bits per heavy atom. The number of rotatable bonds is 7. The highest BCUT2D eigenvalue weighted by atomic mass is 16.5. The fourth-order valence-electron chi connectivity index (χ4n) is 1.95. The summed E-state index contributed by atoms with van der Waals surface area (Å²) in [7, 11) is 2.55. The van der Waals surface area contributed by atoms with Crippen LogP contribution in [0, 0.1) is 12.8 Å². The molecular weight excluding hydrogens is 268 g/mol. The van der Waals surface area contributed by atoms with Gasteiger partial charge in [0.15, 0.2) is 5.92 Å². The number of hydrogen-bond donors (Lipinski definition) is 0. The molecule has 0 saturated heterocycles. The number of aryl methyl sites for hydroxylation is 1. The number of methoxy groups -OCH3 is 2. The second kappa shape index (κ2) is 8.95. The first kappa shape index (κ1) is 17.0. The molecule has 1 rings (SSSR count). The van der Waals surface area contributed by atoms with Gasteiger partial charge in [-0.1, -0.05) is 42.0 Å². The molecule has 0 bridgehead atoms. The molecule has 0 spiro atoms. The van der Waals surface area contributed by atoms with Gasteiger partial charge < -0.3 is 9.47 Å². The van der Waals surface area contributed by atoms with Crippen molar-refractivity contribution < 1.29 is 19.1 Å². The SMILES string of the molecule is COC(=O)C(CCC/C=C/c1ccc(C)cc1)C(=O)OC. The summed E-state index contributed by atoms with van der Waals surface area (Å²) in [4.78, 5) is 23.0. The van der Waals surface area contributed by atoms with Crippen LogP contribution in [0.4, 0.5) is 0 Å². The van der Waals surface area contributed by atoms with Gasteiger partial charge in [0.05, 0.1) is 14.2 Å². The molecule has 0 aliphatic rings. The average molecular weight is 290 g/mol. The van der Waals surface area contributed by atoms with Gasteiger partial charge in [-0.2, -0.15) is 0 Å². The minimum Gasteiger partial charge on any atom is -0.468 e. The molecule has 0 saturated carbocycles. The zero-order valence-corrected chi connectivity index (χ0v) is 12.8. The average Bonchev–Trinajstić information content (AvgIpc) is 2.51. The molecule has 21 heavy (non-hydrogen) atoms. The molecule has 0 heterocycles. The molecule has 0 N–H and O–H groups in total. The predicted molar refractivity (Wildman–Crippen MR) is 81.6 cm³/mol. The number of hydrogen-bond acceptors (Lipinski definition) is 4. The smallest absolute Gasteiger partial charge is 0.320 e. The van der Waals surface area contributed by atoms with Crippen molar-refractivity contribution >= 4 is 18.0 Å². The van der Waals surface area contributed by atoms with Crippen LogP contribution in [-0.2, 0) is 19.1 Å². The maximum absolute atomic E-state index is 11.5. The molecule has 0 aliphatic carbocycles. The Hall–Kier alpha value is -2.10. The van der Waals surface area contributed by atoms with Crippen LogP contribution in [0.1, 0.15) is 30.4 Å². The summed E-state index contributed by atoms with van der Waals surface area (Å²) in [6.07, 6.45) is 6.01. The molecule has 1 aromatic carbocycles. The van der Waals surface area contributed by atoms with Crippen LogP contribution in [-0.4, -0.2) is 26.2 Å². The van der Waals surface area contributed by atoms with E-state index in [1.807, 2.05) is 19.1 Å². The molecule has 0 aliphatic heterocycles. The normalized spacial score (nSPS) is 10.9. The van der Waals surface area contributed by atoms with Gasteiger partial charge in [-0.3, -0.25) is 9.59 Å². The van der Waals surface area contributed by atoms with Crippen molar-refractivity contribution in [2.75, 3.05) is 14.2 Å². The van der Waals surface area contributed by atoms with Crippen LogP contribution in [0.5, 0.6) is 0 Å². The van der Waals surface area contributed by atoms with Crippen molar-refractivity contribution in [3.8, 4) is 0 Å². The van der Waals surface area contributed by atoms with Crippen LogP contribution < -0.4 is 0 Å². The molecule has 1 aromatic rings. The first-order chi connectivity index (χ1) is 10.1. The third kappa shape index (κ3) is 5.81. The van der Waals surface area contributed by atoms with E-state index in [0.717, 1.165) is 18.4 Å². The zero-order valence-electron chi connectivity index (χ0n) is 12.8. The number of allylic oxidation sites excluding steroid dienone is 1. The molecule has 0 amide bonds. The number of esters is 2. The van der Waals surface area contributed by atoms with Gasteiger partial charge in [-0.05, 0) is 31.7 Å². The monoisotopic (exact) mass is 290 g/mol. The lowest BCUT2D eigenvalue weighted by Gasteiger charge is -2.11. The number of ether oxygens (including phenoxy) is 2. The van der Waals surface area contributed by atoms with Crippen molar-refractivity contribution in [1.29, 1.82) is 0 Å². The van der Waals surface area contributed by atoms with Gasteiger partial charge in [0.2, 0.25) is 0 Å². The first-order valence-corrected chi connectivity index (χ1v) is 6.97. The fourth-order valence-corrected chi connectivity index (χ4v) is 1.95. The molecule has 0 aromatic heterocycles. The van der Waals surface area contributed by atoms with Crippen molar-refractivity contribution in [1.82, 2.24) is 0 Å². The van der Waals surface area contributed by atoms with Gasteiger partial charge >= 0.3 is 11.9 Å². The number of carbonyl (C=O) groups excluding carboxylic acids is 2. The highest BCUT2D eigenvalue weighted by molar-refractivity contribution is 5.94. The van der Waals surface area contributed by atoms with Gasteiger partial charge in [0.25, 0.3) is 0 Å². The summed E-state index contributed by atoms with van der Waals surface area (Å²) in [5, 5.41) is 0. The second-order valence-corrected chi connectivity index (χ2v) is 4.84. The predicted octanol–water partition coefficient (Wildman–Crippen LogP) is 3.14. The van der Waals surface area contributed by atoms with Crippen LogP contribution in [0.15, 0.2) is 30.3 Å². The van der Waals surface area contributed by atoms with E-state index in [4.69, 9.17) is 0 Å². The molecule has 0 unspecified atom stereocenters. The quantitative estimate of drug-likeness (QED) is 0.440.